The lowest BCUT2D eigenvalue weighted by Gasteiger charge is -2.29. The minimum Gasteiger partial charge on any atom is -0.497 e. The van der Waals surface area contributed by atoms with Crippen LogP contribution >= 0.6 is 0 Å². The number of ether oxygens (including phenoxy) is 1. The summed E-state index contributed by atoms with van der Waals surface area (Å²) in [5, 5.41) is 2.91. The number of hydrogen-bond donors (Lipinski definition) is 1. The number of methoxy groups -OCH3 is 1. The first-order valence-corrected chi connectivity index (χ1v) is 10.2. The Labute approximate surface area is 182 Å². The van der Waals surface area contributed by atoms with Crippen LogP contribution in [0.5, 0.6) is 5.75 Å². The first-order chi connectivity index (χ1) is 15.1. The number of amides is 2. The van der Waals surface area contributed by atoms with E-state index in [1.807, 2.05) is 30.3 Å². The van der Waals surface area contributed by atoms with Gasteiger partial charge in [-0.2, -0.15) is 0 Å². The van der Waals surface area contributed by atoms with Gasteiger partial charge in [-0.3, -0.25) is 14.6 Å². The molecule has 1 aromatic heterocycles. The van der Waals surface area contributed by atoms with E-state index in [2.05, 4.69) is 10.3 Å². The predicted molar refractivity (Wildman–Crippen MR) is 120 cm³/mol. The van der Waals surface area contributed by atoms with Crippen LogP contribution in [0.25, 0.3) is 0 Å². The molecule has 1 atom stereocenters. The number of rotatable bonds is 9. The van der Waals surface area contributed by atoms with Gasteiger partial charge in [-0.1, -0.05) is 36.4 Å². The number of benzene rings is 2. The molecule has 6 heteroatoms. The van der Waals surface area contributed by atoms with Gasteiger partial charge in [0.05, 0.1) is 7.11 Å². The van der Waals surface area contributed by atoms with Crippen LogP contribution in [0.3, 0.4) is 0 Å². The van der Waals surface area contributed by atoms with Crippen LogP contribution in [0.2, 0.25) is 0 Å². The van der Waals surface area contributed by atoms with Gasteiger partial charge in [-0.25, -0.2) is 0 Å². The number of nitrogens with zero attached hydrogens (tertiary/aromatic N) is 2. The lowest BCUT2D eigenvalue weighted by molar-refractivity contribution is 0.0722. The maximum Gasteiger partial charge on any atom is 0.269 e. The van der Waals surface area contributed by atoms with E-state index in [1.165, 1.54) is 0 Å². The molecule has 3 aromatic rings. The zero-order valence-corrected chi connectivity index (χ0v) is 17.8. The van der Waals surface area contributed by atoms with Crippen molar-refractivity contribution in [1.29, 1.82) is 0 Å². The van der Waals surface area contributed by atoms with Crippen LogP contribution in [-0.2, 0) is 6.42 Å². The van der Waals surface area contributed by atoms with Crippen molar-refractivity contribution in [3.63, 3.8) is 0 Å². The summed E-state index contributed by atoms with van der Waals surface area (Å²) in [7, 11) is 3.40. The fourth-order valence-corrected chi connectivity index (χ4v) is 3.36. The number of pyridine rings is 1. The number of hydrogen-bond acceptors (Lipinski definition) is 4. The first kappa shape index (κ1) is 22.0. The van der Waals surface area contributed by atoms with Crippen molar-refractivity contribution in [2.24, 2.45) is 0 Å². The maximum absolute atomic E-state index is 13.1. The van der Waals surface area contributed by atoms with Crippen LogP contribution in [-0.4, -0.2) is 48.4 Å². The van der Waals surface area contributed by atoms with Gasteiger partial charge in [0.25, 0.3) is 11.8 Å². The molecule has 0 aliphatic rings. The molecule has 0 aliphatic carbocycles. The van der Waals surface area contributed by atoms with Gasteiger partial charge in [0.1, 0.15) is 11.4 Å². The summed E-state index contributed by atoms with van der Waals surface area (Å²) in [6.45, 7) is 0.438. The number of aromatic nitrogens is 1. The van der Waals surface area contributed by atoms with Crippen LogP contribution in [0.4, 0.5) is 0 Å². The molecule has 0 radical (unpaired) electrons. The topological polar surface area (TPSA) is 71.5 Å². The number of carbonyl (C=O) groups excluding carboxylic acids is 2. The van der Waals surface area contributed by atoms with Crippen molar-refractivity contribution in [1.82, 2.24) is 15.2 Å². The maximum atomic E-state index is 13.1. The van der Waals surface area contributed by atoms with E-state index in [-0.39, 0.29) is 17.9 Å². The molecule has 1 N–H and O–H groups in total. The predicted octanol–water partition coefficient (Wildman–Crippen LogP) is 3.59. The molecule has 0 bridgehead atoms. The molecule has 0 saturated carbocycles. The third-order valence-corrected chi connectivity index (χ3v) is 5.18. The molecular formula is C25H27N3O3. The molecule has 31 heavy (non-hydrogen) atoms. The summed E-state index contributed by atoms with van der Waals surface area (Å²) >= 11 is 0. The molecule has 1 unspecified atom stereocenters. The van der Waals surface area contributed by atoms with E-state index >= 15 is 0 Å². The van der Waals surface area contributed by atoms with Crippen molar-refractivity contribution in [2.75, 3.05) is 20.7 Å². The van der Waals surface area contributed by atoms with Crippen LogP contribution in [0, 0.1) is 0 Å². The van der Waals surface area contributed by atoms with Crippen LogP contribution in [0.1, 0.15) is 32.8 Å². The third-order valence-electron chi connectivity index (χ3n) is 5.18. The molecule has 3 rings (SSSR count). The van der Waals surface area contributed by atoms with E-state index < -0.39 is 0 Å². The Balaban J connectivity index is 1.68. The van der Waals surface area contributed by atoms with Crippen molar-refractivity contribution < 1.29 is 14.3 Å². The molecular weight excluding hydrogens is 390 g/mol. The summed E-state index contributed by atoms with van der Waals surface area (Å²) < 4.78 is 5.18. The van der Waals surface area contributed by atoms with E-state index in [1.54, 1.807) is 67.7 Å². The quantitative estimate of drug-likeness (QED) is 0.578. The van der Waals surface area contributed by atoms with Crippen LogP contribution < -0.4 is 10.1 Å². The molecule has 0 saturated heterocycles. The molecule has 1 heterocycles. The molecule has 160 valence electrons. The second kappa shape index (κ2) is 10.9. The van der Waals surface area contributed by atoms with E-state index in [9.17, 15) is 9.59 Å². The standard InChI is InChI=1S/C25H27N3O3/c1-28(25(30)20-11-13-22(31-2)14-12-20)21(18-19-8-4-3-5-9-19)15-17-27-24(29)23-10-6-7-16-26-23/h3-14,16,21H,15,17-18H2,1-2H3,(H,27,29). The lowest BCUT2D eigenvalue weighted by Crippen LogP contribution is -2.41. The Bertz CT molecular complexity index is 976. The highest BCUT2D eigenvalue weighted by Crippen LogP contribution is 2.17. The van der Waals surface area contributed by atoms with Crippen molar-refractivity contribution >= 4 is 11.8 Å². The monoisotopic (exact) mass is 417 g/mol. The average Bonchev–Trinajstić information content (AvgIpc) is 2.83. The number of nitrogens with one attached hydrogen (secondary N) is 1. The summed E-state index contributed by atoms with van der Waals surface area (Å²) in [5.74, 6) is 0.417. The van der Waals surface area contributed by atoms with Gasteiger partial charge in [0.15, 0.2) is 0 Å². The van der Waals surface area contributed by atoms with Crippen LogP contribution in [0.15, 0.2) is 79.0 Å². The first-order valence-electron chi connectivity index (χ1n) is 10.2. The Morgan fingerprint density at radius 2 is 1.71 bits per heavy atom. The zero-order chi connectivity index (χ0) is 22.1. The molecule has 0 fully saturated rings. The van der Waals surface area contributed by atoms with Gasteiger partial charge >= 0.3 is 0 Å². The molecule has 2 amide bonds. The molecule has 0 aliphatic heterocycles. The fraction of sp³-hybridized carbons (Fsp3) is 0.240. The fourth-order valence-electron chi connectivity index (χ4n) is 3.36. The summed E-state index contributed by atoms with van der Waals surface area (Å²) in [6, 6.07) is 22.3. The van der Waals surface area contributed by atoms with Gasteiger partial charge in [0, 0.05) is 31.4 Å². The molecule has 6 nitrogen and oxygen atoms in total. The van der Waals surface area contributed by atoms with E-state index in [0.29, 0.717) is 36.4 Å². The Morgan fingerprint density at radius 3 is 2.35 bits per heavy atom. The molecule has 0 spiro atoms. The Hall–Kier alpha value is -3.67. The largest absolute Gasteiger partial charge is 0.497 e. The van der Waals surface area contributed by atoms with Crippen molar-refractivity contribution in [3.8, 4) is 5.75 Å². The SMILES string of the molecule is COc1ccc(C(=O)N(C)C(CCNC(=O)c2ccccn2)Cc2ccccc2)cc1. The van der Waals surface area contributed by atoms with Gasteiger partial charge in [-0.05, 0) is 54.8 Å². The minimum atomic E-state index is -0.219. The number of carbonyl (C=O) groups is 2. The Morgan fingerprint density at radius 1 is 1.00 bits per heavy atom. The highest BCUT2D eigenvalue weighted by Gasteiger charge is 2.22. The Kier molecular flexibility index (Phi) is 7.76. The van der Waals surface area contributed by atoms with Crippen molar-refractivity contribution in [3.05, 3.63) is 95.8 Å². The highest BCUT2D eigenvalue weighted by molar-refractivity contribution is 5.94. The van der Waals surface area contributed by atoms with E-state index in [0.717, 1.165) is 5.56 Å². The number of likely N-dealkylation sites (N-methyl/N-ethyl adjacent to an activating group) is 1. The zero-order valence-electron chi connectivity index (χ0n) is 17.8. The van der Waals surface area contributed by atoms with Gasteiger partial charge in [-0.15, -0.1) is 0 Å². The van der Waals surface area contributed by atoms with Gasteiger partial charge < -0.3 is 15.0 Å². The smallest absolute Gasteiger partial charge is 0.269 e. The highest BCUT2D eigenvalue weighted by atomic mass is 16.5. The summed E-state index contributed by atoms with van der Waals surface area (Å²) in [6.07, 6.45) is 2.90. The normalized spacial score (nSPS) is 11.4. The lowest BCUT2D eigenvalue weighted by atomic mass is 10.0. The summed E-state index contributed by atoms with van der Waals surface area (Å²) in [5.41, 5.74) is 2.11. The van der Waals surface area contributed by atoms with E-state index in [4.69, 9.17) is 4.74 Å². The minimum absolute atomic E-state index is 0.0698. The third kappa shape index (κ3) is 6.15. The van der Waals surface area contributed by atoms with Gasteiger partial charge in [0.2, 0.25) is 0 Å². The second-order valence-electron chi connectivity index (χ2n) is 7.25. The molecule has 2 aromatic carbocycles. The second-order valence-corrected chi connectivity index (χ2v) is 7.25. The average molecular weight is 418 g/mol. The summed E-state index contributed by atoms with van der Waals surface area (Å²) in [4.78, 5) is 31.2. The van der Waals surface area contributed by atoms with Crippen molar-refractivity contribution in [2.45, 2.75) is 18.9 Å².